The molecule has 3 N–H and O–H groups in total. The van der Waals surface area contributed by atoms with Crippen LogP contribution in [0.3, 0.4) is 0 Å². The van der Waals surface area contributed by atoms with Crippen LogP contribution in [0.2, 0.25) is 0 Å². The van der Waals surface area contributed by atoms with Gasteiger partial charge in [0, 0.05) is 10.0 Å². The minimum absolute atomic E-state index is 0.632. The Balaban J connectivity index is 2.68. The molecule has 0 radical (unpaired) electrons. The third-order valence-electron chi connectivity index (χ3n) is 2.12. The van der Waals surface area contributed by atoms with Gasteiger partial charge in [-0.3, -0.25) is 5.73 Å². The molecule has 1 aliphatic rings. The zero-order valence-corrected chi connectivity index (χ0v) is 10.3. The van der Waals surface area contributed by atoms with Crippen LogP contribution in [0.15, 0.2) is 21.6 Å². The molecule has 6 heteroatoms. The molecule has 0 aliphatic carbocycles. The maximum Gasteiger partial charge on any atom is 0.193 e. The smallest absolute Gasteiger partial charge is 0.193 e. The number of hydrogen-bond acceptors (Lipinski definition) is 4. The first-order valence-corrected chi connectivity index (χ1v) is 5.38. The van der Waals surface area contributed by atoms with Crippen LogP contribution in [0, 0.1) is 0 Å². The summed E-state index contributed by atoms with van der Waals surface area (Å²) in [5.74, 6) is 0.632. The van der Waals surface area contributed by atoms with Gasteiger partial charge in [0.2, 0.25) is 0 Å². The van der Waals surface area contributed by atoms with Gasteiger partial charge >= 0.3 is 0 Å². The molecule has 0 saturated carbocycles. The second kappa shape index (κ2) is 3.66. The highest BCUT2D eigenvalue weighted by atomic mass is 79.9. The number of halogens is 2. The Kier molecular flexibility index (Phi) is 2.62. The summed E-state index contributed by atoms with van der Waals surface area (Å²) in [7, 11) is 1.58. The van der Waals surface area contributed by atoms with E-state index in [0.717, 1.165) is 4.47 Å². The third kappa shape index (κ3) is 1.82. The molecule has 1 heterocycles. The van der Waals surface area contributed by atoms with E-state index in [1.807, 2.05) is 12.1 Å². The maximum absolute atomic E-state index is 6.10. The summed E-state index contributed by atoms with van der Waals surface area (Å²) in [6.45, 7) is 0. The Hall–Kier alpha value is -0.780. The van der Waals surface area contributed by atoms with Gasteiger partial charge in [0.15, 0.2) is 5.12 Å². The van der Waals surface area contributed by atoms with Crippen LogP contribution in [0.4, 0.5) is 5.69 Å². The van der Waals surface area contributed by atoms with E-state index in [1.54, 1.807) is 7.11 Å². The average molecular weight is 291 g/mol. The molecule has 0 saturated heterocycles. The first kappa shape index (κ1) is 10.7. The first-order valence-electron chi connectivity index (χ1n) is 4.20. The standard InChI is InChI=1S/C9H9BrClN3O/c1-15-7-3-5(10)2-6-8(7)13-4-14-9(6,11)12/h2-4H,12H2,1H3,(H,13,14). The van der Waals surface area contributed by atoms with E-state index in [1.165, 1.54) is 6.34 Å². The fraction of sp³-hybridized carbons (Fsp3) is 0.222. The number of fused-ring (bicyclic) bond motifs is 1. The second-order valence-corrected chi connectivity index (χ2v) is 4.63. The molecule has 1 atom stereocenters. The maximum atomic E-state index is 6.10. The number of nitrogens with zero attached hydrogens (tertiary/aromatic N) is 1. The molecule has 15 heavy (non-hydrogen) atoms. The zero-order valence-electron chi connectivity index (χ0n) is 7.92. The van der Waals surface area contributed by atoms with E-state index in [2.05, 4.69) is 26.2 Å². The fourth-order valence-corrected chi connectivity index (χ4v) is 2.04. The van der Waals surface area contributed by atoms with Gasteiger partial charge in [-0.15, -0.1) is 0 Å². The molecule has 4 nitrogen and oxygen atoms in total. The number of rotatable bonds is 1. The molecule has 0 aromatic heterocycles. The summed E-state index contributed by atoms with van der Waals surface area (Å²) in [4.78, 5) is 4.15. The Morgan fingerprint density at radius 3 is 3.00 bits per heavy atom. The Morgan fingerprint density at radius 1 is 1.60 bits per heavy atom. The van der Waals surface area contributed by atoms with Gasteiger partial charge in [-0.25, -0.2) is 4.99 Å². The number of benzene rings is 1. The van der Waals surface area contributed by atoms with E-state index < -0.39 is 5.12 Å². The minimum Gasteiger partial charge on any atom is -0.494 e. The summed E-state index contributed by atoms with van der Waals surface area (Å²) in [5.41, 5.74) is 7.20. The van der Waals surface area contributed by atoms with Gasteiger partial charge < -0.3 is 10.1 Å². The van der Waals surface area contributed by atoms with Crippen LogP contribution in [-0.4, -0.2) is 13.4 Å². The van der Waals surface area contributed by atoms with Crippen molar-refractivity contribution in [2.24, 2.45) is 10.7 Å². The van der Waals surface area contributed by atoms with Crippen molar-refractivity contribution < 1.29 is 4.74 Å². The molecule has 1 aromatic rings. The van der Waals surface area contributed by atoms with Crippen molar-refractivity contribution in [2.75, 3.05) is 7.11 Å². The molecule has 1 aliphatic heterocycles. The molecular weight excluding hydrogens is 281 g/mol. The lowest BCUT2D eigenvalue weighted by atomic mass is 10.1. The number of nitrogens with one attached hydrogen (secondary N) is 1. The van der Waals surface area contributed by atoms with Gasteiger partial charge in [0.1, 0.15) is 11.4 Å². The van der Waals surface area contributed by atoms with Gasteiger partial charge in [-0.1, -0.05) is 27.5 Å². The highest BCUT2D eigenvalue weighted by molar-refractivity contribution is 9.10. The Morgan fingerprint density at radius 2 is 2.33 bits per heavy atom. The van der Waals surface area contributed by atoms with Crippen molar-refractivity contribution in [3.05, 3.63) is 22.2 Å². The van der Waals surface area contributed by atoms with E-state index in [-0.39, 0.29) is 0 Å². The molecule has 80 valence electrons. The van der Waals surface area contributed by atoms with Crippen molar-refractivity contribution >= 4 is 39.6 Å². The fourth-order valence-electron chi connectivity index (χ4n) is 1.41. The highest BCUT2D eigenvalue weighted by Gasteiger charge is 2.30. The van der Waals surface area contributed by atoms with Gasteiger partial charge in [-0.05, 0) is 12.1 Å². The Labute approximate surface area is 101 Å². The number of ether oxygens (including phenoxy) is 1. The van der Waals surface area contributed by atoms with Crippen LogP contribution in [-0.2, 0) is 5.12 Å². The molecule has 0 fully saturated rings. The highest BCUT2D eigenvalue weighted by Crippen LogP contribution is 2.41. The predicted octanol–water partition coefficient (Wildman–Crippen LogP) is 2.03. The molecule has 2 rings (SSSR count). The van der Waals surface area contributed by atoms with E-state index >= 15 is 0 Å². The number of aliphatic imine (C=N–C) groups is 1. The molecule has 0 bridgehead atoms. The van der Waals surface area contributed by atoms with Crippen molar-refractivity contribution in [3.8, 4) is 5.75 Å². The normalized spacial score (nSPS) is 23.2. The number of alkyl halides is 1. The minimum atomic E-state index is -1.14. The van der Waals surface area contributed by atoms with Crippen LogP contribution in [0.5, 0.6) is 5.75 Å². The zero-order chi connectivity index (χ0) is 11.1. The average Bonchev–Trinajstić information content (AvgIpc) is 2.18. The van der Waals surface area contributed by atoms with Crippen LogP contribution >= 0.6 is 27.5 Å². The van der Waals surface area contributed by atoms with Crippen LogP contribution in [0.25, 0.3) is 0 Å². The van der Waals surface area contributed by atoms with Gasteiger partial charge in [0.25, 0.3) is 0 Å². The summed E-state index contributed by atoms with van der Waals surface area (Å²) in [5, 5.41) is 1.62. The van der Waals surface area contributed by atoms with Crippen LogP contribution < -0.4 is 15.8 Å². The van der Waals surface area contributed by atoms with Crippen molar-refractivity contribution in [1.29, 1.82) is 0 Å². The predicted molar refractivity (Wildman–Crippen MR) is 63.7 cm³/mol. The van der Waals surface area contributed by atoms with E-state index in [4.69, 9.17) is 22.1 Å². The topological polar surface area (TPSA) is 59.6 Å². The van der Waals surface area contributed by atoms with Gasteiger partial charge in [0.05, 0.1) is 13.4 Å². The molecule has 0 spiro atoms. The lowest BCUT2D eigenvalue weighted by Crippen LogP contribution is -2.46. The van der Waals surface area contributed by atoms with Crippen molar-refractivity contribution in [3.63, 3.8) is 0 Å². The monoisotopic (exact) mass is 289 g/mol. The second-order valence-electron chi connectivity index (χ2n) is 3.12. The number of hydrogen-bond donors (Lipinski definition) is 2. The lowest BCUT2D eigenvalue weighted by Gasteiger charge is -2.28. The molecule has 0 amide bonds. The Bertz CT molecular complexity index is 434. The van der Waals surface area contributed by atoms with Crippen molar-refractivity contribution in [2.45, 2.75) is 5.12 Å². The summed E-state index contributed by atoms with van der Waals surface area (Å²) in [6.07, 6.45) is 1.46. The number of nitrogens with two attached hydrogens (primary N) is 1. The number of methoxy groups -OCH3 is 1. The summed E-state index contributed by atoms with van der Waals surface area (Å²) < 4.78 is 6.04. The van der Waals surface area contributed by atoms with E-state index in [9.17, 15) is 0 Å². The van der Waals surface area contributed by atoms with Crippen molar-refractivity contribution in [1.82, 2.24) is 5.32 Å². The van der Waals surface area contributed by atoms with E-state index in [0.29, 0.717) is 17.0 Å². The largest absolute Gasteiger partial charge is 0.494 e. The van der Waals surface area contributed by atoms with Gasteiger partial charge in [-0.2, -0.15) is 0 Å². The third-order valence-corrected chi connectivity index (χ3v) is 2.89. The first-order chi connectivity index (χ1) is 7.04. The molecule has 1 unspecified atom stereocenters. The molecule has 1 aromatic carbocycles. The SMILES string of the molecule is COc1cc(Br)cc2c1N=CNC2(N)Cl. The molecular formula is C9H9BrClN3O. The summed E-state index contributed by atoms with van der Waals surface area (Å²) >= 11 is 9.46. The quantitative estimate of drug-likeness (QED) is 0.614. The van der Waals surface area contributed by atoms with Crippen LogP contribution in [0.1, 0.15) is 5.56 Å². The summed E-state index contributed by atoms with van der Waals surface area (Å²) in [6, 6.07) is 3.63. The lowest BCUT2D eigenvalue weighted by molar-refractivity contribution is 0.413.